The van der Waals surface area contributed by atoms with E-state index in [4.69, 9.17) is 25.8 Å². The molecule has 3 aliphatic heterocycles. The van der Waals surface area contributed by atoms with Gasteiger partial charge in [-0.05, 0) is 60.6 Å². The van der Waals surface area contributed by atoms with Crippen molar-refractivity contribution in [2.75, 3.05) is 40.4 Å². The van der Waals surface area contributed by atoms with Crippen LogP contribution in [0.25, 0.3) is 22.4 Å². The summed E-state index contributed by atoms with van der Waals surface area (Å²) in [5.74, 6) is 0.287. The quantitative estimate of drug-likeness (QED) is 0.144. The van der Waals surface area contributed by atoms with E-state index < -0.39 is 23.7 Å². The molecule has 2 atom stereocenters. The number of carbonyl (C=O) groups is 2. The molecule has 11 nitrogen and oxygen atoms in total. The molecule has 3 saturated heterocycles. The number of likely N-dealkylation sites (tertiary alicyclic amines) is 1. The van der Waals surface area contributed by atoms with Gasteiger partial charge in [-0.15, -0.1) is 0 Å². The molecule has 2 amide bonds. The molecule has 0 saturated carbocycles. The zero-order valence-corrected chi connectivity index (χ0v) is 32.5. The Kier molecular flexibility index (Phi) is 10.8. The number of hydrogen-bond donors (Lipinski definition) is 3. The number of aromatic nitrogens is 2. The lowest BCUT2D eigenvalue weighted by atomic mass is 9.79. The Labute approximate surface area is 333 Å². The maximum atomic E-state index is 14.7. The molecule has 1 spiro atoms. The zero-order valence-electron chi connectivity index (χ0n) is 31.7. The SMILES string of the molecule is COc1cc(-c2nccc(-c3cccc4c3CCC[C@H]4Oc3nc(OC)c(CN4CC5(CNC(=O)C5)C4)cc3C(F)(F)F)c2Cl)ccc1CNC[C@@H]1CCC(=O)N1. The first-order valence-corrected chi connectivity index (χ1v) is 19.6. The van der Waals surface area contributed by atoms with Crippen molar-refractivity contribution in [2.45, 2.75) is 69.9 Å². The van der Waals surface area contributed by atoms with E-state index >= 15 is 0 Å². The Balaban J connectivity index is 1.03. The second kappa shape index (κ2) is 15.8. The number of amides is 2. The van der Waals surface area contributed by atoms with E-state index in [0.29, 0.717) is 86.9 Å². The third kappa shape index (κ3) is 7.99. The van der Waals surface area contributed by atoms with Crippen molar-refractivity contribution in [1.82, 2.24) is 30.8 Å². The fraction of sp³-hybridized carbons (Fsp3) is 0.429. The monoisotopic (exact) mass is 804 g/mol. The van der Waals surface area contributed by atoms with Gasteiger partial charge in [0.2, 0.25) is 23.6 Å². The van der Waals surface area contributed by atoms with Crippen molar-refractivity contribution < 1.29 is 37.0 Å². The minimum absolute atomic E-state index is 0.000697. The van der Waals surface area contributed by atoms with Crippen LogP contribution in [0.5, 0.6) is 17.5 Å². The number of pyridine rings is 2. The summed E-state index contributed by atoms with van der Waals surface area (Å²) in [7, 11) is 3.00. The van der Waals surface area contributed by atoms with Gasteiger partial charge in [0.1, 0.15) is 17.4 Å². The lowest BCUT2D eigenvalue weighted by Gasteiger charge is -2.47. The summed E-state index contributed by atoms with van der Waals surface area (Å²) >= 11 is 7.15. The van der Waals surface area contributed by atoms with Crippen LogP contribution in [0.4, 0.5) is 13.2 Å². The third-order valence-electron chi connectivity index (χ3n) is 11.5. The maximum Gasteiger partial charge on any atom is 0.421 e. The molecular formula is C42H44ClF3N6O5. The summed E-state index contributed by atoms with van der Waals surface area (Å²) < 4.78 is 61.5. The number of halogens is 4. The number of benzene rings is 2. The number of hydrogen-bond acceptors (Lipinski definition) is 9. The van der Waals surface area contributed by atoms with Crippen molar-refractivity contribution in [3.8, 4) is 39.9 Å². The molecular weight excluding hydrogens is 761 g/mol. The van der Waals surface area contributed by atoms with Crippen molar-refractivity contribution in [3.05, 3.63) is 87.6 Å². The van der Waals surface area contributed by atoms with Crippen LogP contribution in [0.2, 0.25) is 5.02 Å². The van der Waals surface area contributed by atoms with Crippen LogP contribution in [0.15, 0.2) is 54.7 Å². The van der Waals surface area contributed by atoms with Crippen molar-refractivity contribution in [2.24, 2.45) is 5.41 Å². The van der Waals surface area contributed by atoms with E-state index in [1.54, 1.807) is 13.3 Å². The van der Waals surface area contributed by atoms with Crippen LogP contribution in [-0.2, 0) is 35.3 Å². The highest BCUT2D eigenvalue weighted by atomic mass is 35.5. The summed E-state index contributed by atoms with van der Waals surface area (Å²) in [5, 5.41) is 9.65. The highest BCUT2D eigenvalue weighted by Crippen LogP contribution is 2.46. The Morgan fingerprint density at radius 3 is 2.54 bits per heavy atom. The van der Waals surface area contributed by atoms with Crippen LogP contribution in [0.3, 0.4) is 0 Å². The number of methoxy groups -OCH3 is 2. The molecule has 15 heteroatoms. The van der Waals surface area contributed by atoms with Gasteiger partial charge < -0.3 is 30.2 Å². The number of nitrogens with zero attached hydrogens (tertiary/aromatic N) is 3. The molecule has 0 unspecified atom stereocenters. The first-order valence-electron chi connectivity index (χ1n) is 19.2. The first-order chi connectivity index (χ1) is 27.4. The smallest absolute Gasteiger partial charge is 0.421 e. The van der Waals surface area contributed by atoms with Gasteiger partial charge in [-0.3, -0.25) is 19.5 Å². The number of nitrogens with one attached hydrogen (secondary N) is 3. The summed E-state index contributed by atoms with van der Waals surface area (Å²) in [5.41, 5.74) is 4.75. The second-order valence-corrected chi connectivity index (χ2v) is 15.8. The number of fused-ring (bicyclic) bond motifs is 1. The van der Waals surface area contributed by atoms with E-state index in [2.05, 4.69) is 25.9 Å². The third-order valence-corrected chi connectivity index (χ3v) is 11.9. The molecule has 5 heterocycles. The molecule has 300 valence electrons. The van der Waals surface area contributed by atoms with Gasteiger partial charge in [-0.2, -0.15) is 18.2 Å². The lowest BCUT2D eigenvalue weighted by Crippen LogP contribution is -2.56. The van der Waals surface area contributed by atoms with Crippen LogP contribution < -0.4 is 30.2 Å². The van der Waals surface area contributed by atoms with E-state index in [1.165, 1.54) is 7.11 Å². The molecule has 2 aromatic heterocycles. The molecule has 4 aliphatic rings. The largest absolute Gasteiger partial charge is 0.496 e. The maximum absolute atomic E-state index is 14.7. The highest BCUT2D eigenvalue weighted by molar-refractivity contribution is 6.35. The minimum Gasteiger partial charge on any atom is -0.496 e. The Morgan fingerprint density at radius 2 is 1.82 bits per heavy atom. The van der Waals surface area contributed by atoms with E-state index in [9.17, 15) is 22.8 Å². The van der Waals surface area contributed by atoms with Crippen LogP contribution >= 0.6 is 11.6 Å². The zero-order chi connectivity index (χ0) is 39.9. The van der Waals surface area contributed by atoms with Crippen molar-refractivity contribution >= 4 is 23.4 Å². The summed E-state index contributed by atoms with van der Waals surface area (Å²) in [6.07, 6.45) is -0.100. The molecule has 1 aliphatic carbocycles. The number of alkyl halides is 3. The Bertz CT molecular complexity index is 2200. The second-order valence-electron chi connectivity index (χ2n) is 15.5. The van der Waals surface area contributed by atoms with Crippen LogP contribution in [0, 0.1) is 5.41 Å². The van der Waals surface area contributed by atoms with Crippen LogP contribution in [-0.4, -0.2) is 73.1 Å². The number of rotatable bonds is 12. The molecule has 3 N–H and O–H groups in total. The van der Waals surface area contributed by atoms with Gasteiger partial charge in [0.15, 0.2) is 0 Å². The van der Waals surface area contributed by atoms with E-state index in [-0.39, 0.29) is 35.7 Å². The summed E-state index contributed by atoms with van der Waals surface area (Å²) in [4.78, 5) is 34.3. The van der Waals surface area contributed by atoms with Gasteiger partial charge in [0, 0.05) is 92.0 Å². The lowest BCUT2D eigenvalue weighted by molar-refractivity contribution is -0.140. The molecule has 4 aromatic rings. The predicted octanol–water partition coefficient (Wildman–Crippen LogP) is 6.65. The molecule has 0 bridgehead atoms. The topological polar surface area (TPSA) is 127 Å². The minimum atomic E-state index is -4.73. The highest BCUT2D eigenvalue weighted by Gasteiger charge is 2.48. The van der Waals surface area contributed by atoms with Gasteiger partial charge in [0.25, 0.3) is 0 Å². The standard InChI is InChI=1S/C42H44ClF3N6O5/c1-55-34-16-24(9-10-25(34)18-47-19-27-11-12-35(53)50-27)38-37(43)31(13-14-48-38)29-5-3-7-30-28(29)6-4-8-33(30)57-40-32(42(44,45)46)15-26(39(51-40)56-2)20-52-22-41(23-52)17-36(54)49-21-41/h3,5,7,9-10,13-16,27,33,47H,4,6,8,11-12,17-23H2,1-2H3,(H,49,54)(H,50,53)/t27-,33+/m0/s1. The predicted molar refractivity (Wildman–Crippen MR) is 207 cm³/mol. The molecule has 8 rings (SSSR count). The normalized spacial score (nSPS) is 20.2. The average Bonchev–Trinajstić information content (AvgIpc) is 3.79. The van der Waals surface area contributed by atoms with Crippen LogP contribution in [0.1, 0.15) is 66.0 Å². The fourth-order valence-electron chi connectivity index (χ4n) is 8.75. The summed E-state index contributed by atoms with van der Waals surface area (Å²) in [6.45, 7) is 3.18. The van der Waals surface area contributed by atoms with E-state index in [0.717, 1.165) is 45.9 Å². The Morgan fingerprint density at radius 1 is 0.982 bits per heavy atom. The van der Waals surface area contributed by atoms with Gasteiger partial charge in [-0.25, -0.2) is 0 Å². The molecule has 0 radical (unpaired) electrons. The van der Waals surface area contributed by atoms with E-state index in [1.807, 2.05) is 47.4 Å². The number of ether oxygens (including phenoxy) is 3. The Hall–Kier alpha value is -4.92. The molecule has 2 aromatic carbocycles. The number of carbonyl (C=O) groups excluding carboxylic acids is 2. The van der Waals surface area contributed by atoms with Crippen molar-refractivity contribution in [3.63, 3.8) is 0 Å². The first kappa shape index (κ1) is 38.9. The van der Waals surface area contributed by atoms with Crippen molar-refractivity contribution in [1.29, 1.82) is 0 Å². The molecule has 57 heavy (non-hydrogen) atoms. The fourth-order valence-corrected chi connectivity index (χ4v) is 9.07. The molecule has 3 fully saturated rings. The summed E-state index contributed by atoms with van der Waals surface area (Å²) in [6, 6.07) is 14.6. The van der Waals surface area contributed by atoms with Gasteiger partial charge in [-0.1, -0.05) is 41.9 Å². The van der Waals surface area contributed by atoms with Gasteiger partial charge >= 0.3 is 6.18 Å². The average molecular weight is 805 g/mol. The van der Waals surface area contributed by atoms with Gasteiger partial charge in [0.05, 0.1) is 24.9 Å².